The van der Waals surface area contributed by atoms with Crippen LogP contribution < -0.4 is 0 Å². The van der Waals surface area contributed by atoms with Gasteiger partial charge in [0.05, 0.1) is 0 Å². The molecule has 0 aliphatic heterocycles. The van der Waals surface area contributed by atoms with Gasteiger partial charge in [0.1, 0.15) is 0 Å². The first kappa shape index (κ1) is 10.2. The second-order valence-electron chi connectivity index (χ2n) is 3.27. The molecular weight excluding hydrogens is 154 g/mol. The van der Waals surface area contributed by atoms with E-state index in [4.69, 9.17) is 0 Å². The van der Waals surface area contributed by atoms with Crippen LogP contribution in [0.5, 0.6) is 0 Å². The summed E-state index contributed by atoms with van der Waals surface area (Å²) in [7, 11) is 0. The van der Waals surface area contributed by atoms with E-state index >= 15 is 0 Å². The largest absolute Gasteiger partial charge is 0.248 e. The van der Waals surface area contributed by atoms with Crippen molar-refractivity contribution in [3.63, 3.8) is 0 Å². The third-order valence-corrected chi connectivity index (χ3v) is 2.06. The molecule has 1 saturated carbocycles. The molecule has 0 unspecified atom stereocenters. The summed E-state index contributed by atoms with van der Waals surface area (Å²) in [4.78, 5) is 0. The van der Waals surface area contributed by atoms with E-state index in [1.807, 2.05) is 13.8 Å². The first-order valence-corrected chi connectivity index (χ1v) is 3.39. The summed E-state index contributed by atoms with van der Waals surface area (Å²) in [5.41, 5.74) is 0. The number of hydrogen-bond acceptors (Lipinski definition) is 0. The molecule has 0 bridgehead atoms. The van der Waals surface area contributed by atoms with E-state index in [2.05, 4.69) is 0 Å². The van der Waals surface area contributed by atoms with Crippen molar-refractivity contribution in [2.45, 2.75) is 32.6 Å². The second-order valence-corrected chi connectivity index (χ2v) is 3.27. The Morgan fingerprint density at radius 1 is 1.30 bits per heavy atom. The van der Waals surface area contributed by atoms with Gasteiger partial charge < -0.3 is 0 Å². The Morgan fingerprint density at radius 3 is 1.80 bits per heavy atom. The highest BCUT2D eigenvalue weighted by atomic mass is 32.1. The molecule has 0 radical (unpaired) electrons. The summed E-state index contributed by atoms with van der Waals surface area (Å²) >= 11 is 0. The minimum atomic E-state index is -2.32. The van der Waals surface area contributed by atoms with Gasteiger partial charge in [0.15, 0.2) is 0 Å². The molecule has 0 aromatic rings. The summed E-state index contributed by atoms with van der Waals surface area (Å²) in [6, 6.07) is 0. The van der Waals surface area contributed by atoms with Crippen molar-refractivity contribution in [2.24, 2.45) is 11.8 Å². The Kier molecular flexibility index (Phi) is 3.14. The monoisotopic (exact) mass is 168 g/mol. The number of halogens is 2. The van der Waals surface area contributed by atoms with Gasteiger partial charge in [-0.3, -0.25) is 0 Å². The Labute approximate surface area is 67.4 Å². The zero-order valence-corrected chi connectivity index (χ0v) is 7.32. The maximum Gasteiger partial charge on any atom is 0.248 e. The van der Waals surface area contributed by atoms with E-state index in [9.17, 15) is 8.78 Å². The molecule has 0 saturated heterocycles. The van der Waals surface area contributed by atoms with Gasteiger partial charge in [0.25, 0.3) is 0 Å². The third kappa shape index (κ3) is 2.11. The molecule has 0 amide bonds. The summed E-state index contributed by atoms with van der Waals surface area (Å²) in [5.74, 6) is -1.61. The standard InChI is InChI=1S/C7H12F2.H2S/c1-5(2)6-3-7(8,9)4-6;/h5-6H,3-4H2,1-2H3;1H2. The zero-order valence-electron chi connectivity index (χ0n) is 6.32. The molecular formula is C7H14F2S. The molecule has 1 aliphatic carbocycles. The lowest BCUT2D eigenvalue weighted by Gasteiger charge is -2.37. The highest BCUT2D eigenvalue weighted by Crippen LogP contribution is 2.45. The average Bonchev–Trinajstić information content (AvgIpc) is 1.59. The lowest BCUT2D eigenvalue weighted by molar-refractivity contribution is -0.122. The van der Waals surface area contributed by atoms with Crippen LogP contribution in [0.2, 0.25) is 0 Å². The van der Waals surface area contributed by atoms with Crippen LogP contribution in [-0.2, 0) is 0 Å². The normalized spacial score (nSPS) is 23.7. The third-order valence-electron chi connectivity index (χ3n) is 2.06. The van der Waals surface area contributed by atoms with Gasteiger partial charge in [0.2, 0.25) is 5.92 Å². The van der Waals surface area contributed by atoms with Crippen LogP contribution >= 0.6 is 13.5 Å². The molecule has 10 heavy (non-hydrogen) atoms. The van der Waals surface area contributed by atoms with Crippen molar-refractivity contribution < 1.29 is 8.78 Å². The number of alkyl halides is 2. The molecule has 0 heterocycles. The molecule has 0 spiro atoms. The SMILES string of the molecule is CC(C)C1CC(F)(F)C1.S. The maximum absolute atomic E-state index is 12.1. The summed E-state index contributed by atoms with van der Waals surface area (Å²) < 4.78 is 24.3. The van der Waals surface area contributed by atoms with E-state index in [-0.39, 0.29) is 32.3 Å². The van der Waals surface area contributed by atoms with Gasteiger partial charge in [-0.05, 0) is 11.8 Å². The van der Waals surface area contributed by atoms with Crippen molar-refractivity contribution in [1.82, 2.24) is 0 Å². The smallest absolute Gasteiger partial charge is 0.207 e. The van der Waals surface area contributed by atoms with E-state index in [1.165, 1.54) is 0 Å². The fraction of sp³-hybridized carbons (Fsp3) is 1.00. The topological polar surface area (TPSA) is 0 Å². The fourth-order valence-corrected chi connectivity index (χ4v) is 1.18. The predicted octanol–water partition coefficient (Wildman–Crippen LogP) is 2.80. The quantitative estimate of drug-likeness (QED) is 0.564. The van der Waals surface area contributed by atoms with Crippen LogP contribution in [0.15, 0.2) is 0 Å². The molecule has 0 atom stereocenters. The lowest BCUT2D eigenvalue weighted by atomic mass is 9.74. The molecule has 1 rings (SSSR count). The van der Waals surface area contributed by atoms with Crippen molar-refractivity contribution in [1.29, 1.82) is 0 Å². The van der Waals surface area contributed by atoms with Crippen LogP contribution in [0, 0.1) is 11.8 Å². The van der Waals surface area contributed by atoms with Gasteiger partial charge >= 0.3 is 0 Å². The Morgan fingerprint density at radius 2 is 1.70 bits per heavy atom. The minimum Gasteiger partial charge on any atom is -0.207 e. The maximum atomic E-state index is 12.1. The summed E-state index contributed by atoms with van der Waals surface area (Å²) in [5, 5.41) is 0. The van der Waals surface area contributed by atoms with Gasteiger partial charge in [-0.15, -0.1) is 0 Å². The van der Waals surface area contributed by atoms with Gasteiger partial charge in [0, 0.05) is 12.8 Å². The van der Waals surface area contributed by atoms with Crippen LogP contribution in [0.3, 0.4) is 0 Å². The molecule has 0 aromatic heterocycles. The van der Waals surface area contributed by atoms with Crippen LogP contribution in [0.25, 0.3) is 0 Å². The van der Waals surface area contributed by atoms with E-state index in [0.717, 1.165) is 0 Å². The van der Waals surface area contributed by atoms with Crippen LogP contribution in [0.1, 0.15) is 26.7 Å². The Bertz CT molecular complexity index is 104. The van der Waals surface area contributed by atoms with Crippen LogP contribution in [0.4, 0.5) is 8.78 Å². The van der Waals surface area contributed by atoms with Crippen molar-refractivity contribution in [3.05, 3.63) is 0 Å². The molecule has 1 aliphatic rings. The fourth-order valence-electron chi connectivity index (χ4n) is 1.18. The second kappa shape index (κ2) is 3.07. The highest BCUT2D eigenvalue weighted by molar-refractivity contribution is 7.59. The summed E-state index contributed by atoms with van der Waals surface area (Å²) in [6.45, 7) is 4.00. The van der Waals surface area contributed by atoms with E-state index in [0.29, 0.717) is 5.92 Å². The molecule has 0 nitrogen and oxygen atoms in total. The zero-order chi connectivity index (χ0) is 7.07. The molecule has 3 heteroatoms. The van der Waals surface area contributed by atoms with Crippen LogP contribution in [-0.4, -0.2) is 5.92 Å². The van der Waals surface area contributed by atoms with E-state index < -0.39 is 5.92 Å². The van der Waals surface area contributed by atoms with E-state index in [1.54, 1.807) is 0 Å². The summed E-state index contributed by atoms with van der Waals surface area (Å²) in [6.07, 6.45) is 0.231. The highest BCUT2D eigenvalue weighted by Gasteiger charge is 2.45. The van der Waals surface area contributed by atoms with Crippen molar-refractivity contribution in [3.8, 4) is 0 Å². The van der Waals surface area contributed by atoms with Gasteiger partial charge in [-0.2, -0.15) is 13.5 Å². The molecule has 62 valence electrons. The Hall–Kier alpha value is 0.210. The van der Waals surface area contributed by atoms with Crippen molar-refractivity contribution >= 4 is 13.5 Å². The Balaban J connectivity index is 0.000000810. The minimum absolute atomic E-state index is 0. The van der Waals surface area contributed by atoms with Crippen molar-refractivity contribution in [2.75, 3.05) is 0 Å². The first-order valence-electron chi connectivity index (χ1n) is 3.39. The number of hydrogen-bond donors (Lipinski definition) is 0. The molecule has 1 fully saturated rings. The van der Waals surface area contributed by atoms with Gasteiger partial charge in [-0.1, -0.05) is 13.8 Å². The average molecular weight is 168 g/mol. The lowest BCUT2D eigenvalue weighted by Crippen LogP contribution is -2.37. The number of rotatable bonds is 1. The first-order chi connectivity index (χ1) is 4.01. The molecule has 0 aromatic carbocycles. The molecule has 0 N–H and O–H groups in total. The van der Waals surface area contributed by atoms with Gasteiger partial charge in [-0.25, -0.2) is 8.78 Å². The predicted molar refractivity (Wildman–Crippen MR) is 42.9 cm³/mol.